The summed E-state index contributed by atoms with van der Waals surface area (Å²) in [5, 5.41) is 12.8. The van der Waals surface area contributed by atoms with Gasteiger partial charge in [0.25, 0.3) is 0 Å². The van der Waals surface area contributed by atoms with Crippen molar-refractivity contribution in [1.82, 2.24) is 5.32 Å². The molecule has 0 aromatic carbocycles. The molecule has 0 radical (unpaired) electrons. The highest BCUT2D eigenvalue weighted by Gasteiger charge is 2.60. The Morgan fingerprint density at radius 3 is 2.64 bits per heavy atom. The molecule has 5 aliphatic carbocycles. The topological polar surface area (TPSA) is 66.4 Å². The van der Waals surface area contributed by atoms with Gasteiger partial charge >= 0.3 is 0 Å². The van der Waals surface area contributed by atoms with Gasteiger partial charge in [-0.15, -0.1) is 0 Å². The van der Waals surface area contributed by atoms with Crippen molar-refractivity contribution in [2.24, 2.45) is 34.5 Å². The smallest absolute Gasteiger partial charge is 0.223 e. The van der Waals surface area contributed by atoms with Gasteiger partial charge < -0.3 is 10.4 Å². The fourth-order valence-corrected chi connectivity index (χ4v) is 7.61. The number of aliphatic hydroxyl groups excluding tert-OH is 1. The van der Waals surface area contributed by atoms with E-state index in [0.29, 0.717) is 41.7 Å². The van der Waals surface area contributed by atoms with Crippen molar-refractivity contribution in [3.05, 3.63) is 23.5 Å². The molecule has 0 saturated heterocycles. The summed E-state index contributed by atoms with van der Waals surface area (Å²) in [7, 11) is 0. The van der Waals surface area contributed by atoms with Gasteiger partial charge in [-0.3, -0.25) is 9.59 Å². The van der Waals surface area contributed by atoms with E-state index in [-0.39, 0.29) is 22.5 Å². The number of hydrogen-bond acceptors (Lipinski definition) is 3. The molecule has 6 atom stereocenters. The highest BCUT2D eigenvalue weighted by molar-refractivity contribution is 6.05. The molecule has 5 aliphatic rings. The van der Waals surface area contributed by atoms with Crippen LogP contribution in [0.3, 0.4) is 0 Å². The number of rotatable bonds is 2. The zero-order valence-electron chi connectivity index (χ0n) is 17.2. The first kappa shape index (κ1) is 18.4. The molecule has 3 unspecified atom stereocenters. The van der Waals surface area contributed by atoms with Gasteiger partial charge in [0.15, 0.2) is 5.78 Å². The molecule has 0 aromatic heterocycles. The van der Waals surface area contributed by atoms with Crippen LogP contribution in [0, 0.1) is 34.5 Å². The van der Waals surface area contributed by atoms with Gasteiger partial charge in [-0.05, 0) is 92.4 Å². The second kappa shape index (κ2) is 6.21. The highest BCUT2D eigenvalue weighted by Crippen LogP contribution is 2.66. The van der Waals surface area contributed by atoms with Crippen molar-refractivity contribution in [1.29, 1.82) is 0 Å². The summed E-state index contributed by atoms with van der Waals surface area (Å²) >= 11 is 0. The summed E-state index contributed by atoms with van der Waals surface area (Å²) in [4.78, 5) is 25.2. The summed E-state index contributed by atoms with van der Waals surface area (Å²) in [6.45, 7) is 4.70. The minimum absolute atomic E-state index is 0.00764. The number of aliphatic hydroxyl groups is 1. The Hall–Kier alpha value is -1.58. The van der Waals surface area contributed by atoms with Crippen molar-refractivity contribution < 1.29 is 14.7 Å². The van der Waals surface area contributed by atoms with Gasteiger partial charge in [-0.2, -0.15) is 0 Å². The molecule has 0 aromatic rings. The standard InChI is InChI=1S/C24H33NO3/c1-23-10-9-19-17(18(23)7-8-20(23)22(28)25-16-4-5-16)6-3-15-11-21(27)14(13-26)12-24(15,19)2/h11,13,16-20,26H,3-10,12H2,1-2H3,(H,25,28)/b14-13-/t17?,18?,19?,20-,23+,24+/m1/s1. The molecule has 5 rings (SSSR count). The average Bonchev–Trinajstić information content (AvgIpc) is 3.40. The van der Waals surface area contributed by atoms with E-state index in [4.69, 9.17) is 0 Å². The van der Waals surface area contributed by atoms with Crippen LogP contribution in [0.1, 0.15) is 71.6 Å². The van der Waals surface area contributed by atoms with E-state index in [9.17, 15) is 14.7 Å². The molecule has 28 heavy (non-hydrogen) atoms. The van der Waals surface area contributed by atoms with Crippen LogP contribution < -0.4 is 5.32 Å². The number of allylic oxidation sites excluding steroid dienone is 2. The summed E-state index contributed by atoms with van der Waals surface area (Å²) in [5.74, 6) is 2.27. The maximum Gasteiger partial charge on any atom is 0.223 e. The van der Waals surface area contributed by atoms with Crippen LogP contribution in [0.4, 0.5) is 0 Å². The molecule has 0 bridgehead atoms. The Balaban J connectivity index is 1.42. The van der Waals surface area contributed by atoms with Gasteiger partial charge in [0.05, 0.1) is 6.26 Å². The first-order chi connectivity index (χ1) is 13.4. The average molecular weight is 384 g/mol. The van der Waals surface area contributed by atoms with Crippen molar-refractivity contribution >= 4 is 11.7 Å². The highest BCUT2D eigenvalue weighted by atomic mass is 16.2. The SMILES string of the molecule is C[C@]12C/C(=C/O)C(=O)C=C1CCC1C2CC[C@@]2(C)C1CC[C@@H]2C(=O)NC1CC1. The van der Waals surface area contributed by atoms with Gasteiger partial charge in [-0.1, -0.05) is 19.4 Å². The van der Waals surface area contributed by atoms with Crippen LogP contribution >= 0.6 is 0 Å². The second-order valence-electron chi connectivity index (χ2n) is 10.7. The van der Waals surface area contributed by atoms with E-state index in [1.807, 2.05) is 6.08 Å². The van der Waals surface area contributed by atoms with Crippen LogP contribution in [-0.2, 0) is 9.59 Å². The van der Waals surface area contributed by atoms with Crippen LogP contribution in [0.5, 0.6) is 0 Å². The summed E-state index contributed by atoms with van der Waals surface area (Å²) in [5.41, 5.74) is 1.97. The van der Waals surface area contributed by atoms with E-state index < -0.39 is 0 Å². The zero-order valence-corrected chi connectivity index (χ0v) is 17.2. The van der Waals surface area contributed by atoms with Crippen LogP contribution in [0.15, 0.2) is 23.5 Å². The van der Waals surface area contributed by atoms with Gasteiger partial charge in [-0.25, -0.2) is 0 Å². The first-order valence-electron chi connectivity index (χ1n) is 11.3. The number of ketones is 1. The number of carbonyl (C=O) groups is 2. The predicted molar refractivity (Wildman–Crippen MR) is 107 cm³/mol. The van der Waals surface area contributed by atoms with Crippen molar-refractivity contribution in [2.45, 2.75) is 77.7 Å². The third-order valence-corrected chi connectivity index (χ3v) is 9.31. The van der Waals surface area contributed by atoms with Crippen molar-refractivity contribution in [3.63, 3.8) is 0 Å². The Kier molecular flexibility index (Phi) is 4.09. The summed E-state index contributed by atoms with van der Waals surface area (Å²) < 4.78 is 0. The zero-order chi connectivity index (χ0) is 19.7. The minimum Gasteiger partial charge on any atom is -0.515 e. The van der Waals surface area contributed by atoms with E-state index in [2.05, 4.69) is 19.2 Å². The quantitative estimate of drug-likeness (QED) is 0.546. The first-order valence-corrected chi connectivity index (χ1v) is 11.3. The van der Waals surface area contributed by atoms with Gasteiger partial charge in [0.1, 0.15) is 0 Å². The molecule has 152 valence electrons. The minimum atomic E-state index is -0.0128. The summed E-state index contributed by atoms with van der Waals surface area (Å²) in [6, 6.07) is 0.441. The molecule has 4 heteroatoms. The fourth-order valence-electron chi connectivity index (χ4n) is 7.61. The molecule has 4 saturated carbocycles. The van der Waals surface area contributed by atoms with Crippen molar-refractivity contribution in [3.8, 4) is 0 Å². The monoisotopic (exact) mass is 383 g/mol. The lowest BCUT2D eigenvalue weighted by Gasteiger charge is -2.58. The Bertz CT molecular complexity index is 779. The molecule has 0 spiro atoms. The van der Waals surface area contributed by atoms with Gasteiger partial charge in [0, 0.05) is 17.5 Å². The number of fused-ring (bicyclic) bond motifs is 5. The molecule has 2 N–H and O–H groups in total. The molecular formula is C24H33NO3. The van der Waals surface area contributed by atoms with E-state index in [1.54, 1.807) is 0 Å². The number of hydrogen-bond donors (Lipinski definition) is 2. The molecule has 4 nitrogen and oxygen atoms in total. The Morgan fingerprint density at radius 2 is 1.93 bits per heavy atom. The lowest BCUT2D eigenvalue weighted by Crippen LogP contribution is -2.52. The number of carbonyl (C=O) groups excluding carboxylic acids is 2. The van der Waals surface area contributed by atoms with Gasteiger partial charge in [0.2, 0.25) is 5.91 Å². The second-order valence-corrected chi connectivity index (χ2v) is 10.7. The maximum absolute atomic E-state index is 12.9. The predicted octanol–water partition coefficient (Wildman–Crippen LogP) is 4.46. The number of amides is 1. The van der Waals surface area contributed by atoms with Crippen LogP contribution in [-0.4, -0.2) is 22.8 Å². The van der Waals surface area contributed by atoms with Crippen molar-refractivity contribution in [2.75, 3.05) is 0 Å². The van der Waals surface area contributed by atoms with Crippen LogP contribution in [0.25, 0.3) is 0 Å². The van der Waals surface area contributed by atoms with Crippen LogP contribution in [0.2, 0.25) is 0 Å². The lowest BCUT2D eigenvalue weighted by atomic mass is 9.46. The number of nitrogens with one attached hydrogen (secondary N) is 1. The third kappa shape index (κ3) is 2.55. The molecule has 4 fully saturated rings. The van der Waals surface area contributed by atoms with E-state index >= 15 is 0 Å². The summed E-state index contributed by atoms with van der Waals surface area (Å²) in [6.07, 6.45) is 12.4. The molecule has 1 amide bonds. The molecule has 0 aliphatic heterocycles. The Labute approximate surface area is 167 Å². The third-order valence-electron chi connectivity index (χ3n) is 9.31. The Morgan fingerprint density at radius 1 is 1.14 bits per heavy atom. The maximum atomic E-state index is 12.9. The normalized spacial score (nSPS) is 46.4. The molecule has 0 heterocycles. The van der Waals surface area contributed by atoms with E-state index in [1.165, 1.54) is 5.57 Å². The lowest BCUT2D eigenvalue weighted by molar-refractivity contribution is -0.132. The molecular weight excluding hydrogens is 350 g/mol. The largest absolute Gasteiger partial charge is 0.515 e. The van der Waals surface area contributed by atoms with E-state index in [0.717, 1.165) is 57.6 Å². The fraction of sp³-hybridized carbons (Fsp3) is 0.750.